The molecule has 3 aromatic carbocycles. The Morgan fingerprint density at radius 3 is 2.29 bits per heavy atom. The maximum Gasteiger partial charge on any atom is 0.0946 e. The van der Waals surface area contributed by atoms with E-state index < -0.39 is 22.9 Å². The van der Waals surface area contributed by atoms with E-state index in [-0.39, 0.29) is 5.92 Å². The average Bonchev–Trinajstić information content (AvgIpc) is 3.27. The number of hydrogen-bond acceptors (Lipinski definition) is 5. The Hall–Kier alpha value is -2.60. The summed E-state index contributed by atoms with van der Waals surface area (Å²) >= 11 is 1.65. The molecule has 1 saturated heterocycles. The van der Waals surface area contributed by atoms with Gasteiger partial charge in [0.2, 0.25) is 0 Å². The topological polar surface area (TPSA) is 63.6 Å². The highest BCUT2D eigenvalue weighted by Gasteiger charge is 2.63. The highest BCUT2D eigenvalue weighted by Crippen LogP contribution is 2.60. The number of thioether (sulfide) groups is 1. The fourth-order valence-electron chi connectivity index (χ4n) is 6.38. The first kappa shape index (κ1) is 23.2. The molecule has 2 aliphatic rings. The molecule has 1 heterocycles. The summed E-state index contributed by atoms with van der Waals surface area (Å²) in [6.07, 6.45) is 3.13. The zero-order valence-corrected chi connectivity index (χ0v) is 20.2. The molecule has 1 aliphatic heterocycles. The van der Waals surface area contributed by atoms with E-state index in [2.05, 4.69) is 17.0 Å². The summed E-state index contributed by atoms with van der Waals surface area (Å²) in [7, 11) is 0. The Kier molecular flexibility index (Phi) is 6.28. The van der Waals surface area contributed by atoms with E-state index in [0.717, 1.165) is 21.6 Å². The third kappa shape index (κ3) is 3.86. The highest BCUT2D eigenvalue weighted by molar-refractivity contribution is 7.98. The van der Waals surface area contributed by atoms with E-state index in [1.54, 1.807) is 11.8 Å². The largest absolute Gasteiger partial charge is 0.549 e. The van der Waals surface area contributed by atoms with E-state index in [9.17, 15) is 15.0 Å². The van der Waals surface area contributed by atoms with Crippen LogP contribution in [-0.2, 0) is 16.9 Å². The van der Waals surface area contributed by atoms with Gasteiger partial charge in [-0.2, -0.15) is 0 Å². The molecule has 0 spiro atoms. The molecular formula is C29H30NO3S-. The molecule has 1 aliphatic carbocycles. The van der Waals surface area contributed by atoms with Crippen molar-refractivity contribution in [3.05, 3.63) is 102 Å². The molecule has 0 radical (unpaired) electrons. The monoisotopic (exact) mass is 472 g/mol. The van der Waals surface area contributed by atoms with Crippen LogP contribution >= 0.6 is 11.8 Å². The molecule has 1 N–H and O–H groups in total. The minimum absolute atomic E-state index is 0.213. The van der Waals surface area contributed by atoms with Crippen LogP contribution in [0.3, 0.4) is 0 Å². The van der Waals surface area contributed by atoms with Gasteiger partial charge in [-0.25, -0.2) is 0 Å². The summed E-state index contributed by atoms with van der Waals surface area (Å²) in [5.74, 6) is -1.75. The third-order valence-corrected chi connectivity index (χ3v) is 8.72. The summed E-state index contributed by atoms with van der Waals surface area (Å²) in [6.45, 7) is 1.52. The van der Waals surface area contributed by atoms with Crippen LogP contribution in [0.4, 0.5) is 0 Å². The number of benzene rings is 3. The lowest BCUT2D eigenvalue weighted by molar-refractivity contribution is -0.327. The number of aliphatic hydroxyl groups is 1. The normalized spacial score (nSPS) is 29.0. The smallest absolute Gasteiger partial charge is 0.0946 e. The molecule has 5 heteroatoms. The number of fused-ring (bicyclic) bond motifs is 1. The fraction of sp³-hybridized carbons (Fsp3) is 0.345. The summed E-state index contributed by atoms with van der Waals surface area (Å²) in [4.78, 5) is 16.4. The SMILES string of the molecule is CSc1ccc(C2(O)CCC(c3ccccc3)C3(C(=O)[O-])CN(Cc4ccccc4)CC23)cc1. The molecule has 4 nitrogen and oxygen atoms in total. The lowest BCUT2D eigenvalue weighted by atomic mass is 9.53. The predicted octanol–water partition coefficient (Wildman–Crippen LogP) is 4.04. The van der Waals surface area contributed by atoms with Crippen LogP contribution in [0, 0.1) is 11.3 Å². The zero-order valence-electron chi connectivity index (χ0n) is 19.4. The summed E-state index contributed by atoms with van der Waals surface area (Å²) in [5.41, 5.74) is 0.542. The van der Waals surface area contributed by atoms with Gasteiger partial charge in [-0.1, -0.05) is 72.8 Å². The number of rotatable bonds is 6. The zero-order chi connectivity index (χ0) is 23.8. The van der Waals surface area contributed by atoms with Crippen molar-refractivity contribution in [3.8, 4) is 0 Å². The number of carboxylic acid groups (broad SMARTS) is 1. The maximum absolute atomic E-state index is 13.1. The fourth-order valence-corrected chi connectivity index (χ4v) is 6.79. The van der Waals surface area contributed by atoms with Crippen molar-refractivity contribution in [1.82, 2.24) is 4.90 Å². The van der Waals surface area contributed by atoms with Crippen LogP contribution in [-0.4, -0.2) is 35.3 Å². The average molecular weight is 473 g/mol. The van der Waals surface area contributed by atoms with Crippen molar-refractivity contribution in [2.75, 3.05) is 19.3 Å². The van der Waals surface area contributed by atoms with Gasteiger partial charge in [-0.05, 0) is 53.8 Å². The van der Waals surface area contributed by atoms with E-state index in [4.69, 9.17) is 0 Å². The van der Waals surface area contributed by atoms with Gasteiger partial charge in [-0.15, -0.1) is 11.8 Å². The lowest BCUT2D eigenvalue weighted by Crippen LogP contribution is -2.59. The van der Waals surface area contributed by atoms with Gasteiger partial charge in [0.25, 0.3) is 0 Å². The van der Waals surface area contributed by atoms with E-state index in [1.807, 2.05) is 79.1 Å². The van der Waals surface area contributed by atoms with E-state index in [1.165, 1.54) is 0 Å². The van der Waals surface area contributed by atoms with Gasteiger partial charge in [0.1, 0.15) is 0 Å². The predicted molar refractivity (Wildman–Crippen MR) is 133 cm³/mol. The number of carbonyl (C=O) groups is 1. The van der Waals surface area contributed by atoms with Gasteiger partial charge in [0, 0.05) is 41.8 Å². The van der Waals surface area contributed by atoms with Gasteiger partial charge < -0.3 is 15.0 Å². The molecule has 0 amide bonds. The second-order valence-corrected chi connectivity index (χ2v) is 10.6. The Balaban J connectivity index is 1.59. The lowest BCUT2D eigenvalue weighted by Gasteiger charge is -2.53. The van der Waals surface area contributed by atoms with Crippen LogP contribution < -0.4 is 5.11 Å². The number of aliphatic carboxylic acids is 1. The Morgan fingerprint density at radius 1 is 1.03 bits per heavy atom. The Morgan fingerprint density at radius 2 is 1.68 bits per heavy atom. The molecule has 3 aromatic rings. The minimum Gasteiger partial charge on any atom is -0.549 e. The van der Waals surface area contributed by atoms with E-state index >= 15 is 0 Å². The van der Waals surface area contributed by atoms with Crippen molar-refractivity contribution in [2.24, 2.45) is 11.3 Å². The van der Waals surface area contributed by atoms with Crippen LogP contribution in [0.1, 0.15) is 35.4 Å². The molecule has 5 rings (SSSR count). The van der Waals surface area contributed by atoms with Crippen molar-refractivity contribution in [3.63, 3.8) is 0 Å². The van der Waals surface area contributed by atoms with Crippen molar-refractivity contribution in [2.45, 2.75) is 35.8 Å². The third-order valence-electron chi connectivity index (χ3n) is 7.98. The van der Waals surface area contributed by atoms with Crippen LogP contribution in [0.25, 0.3) is 0 Å². The van der Waals surface area contributed by atoms with Gasteiger partial charge >= 0.3 is 0 Å². The molecular weight excluding hydrogens is 442 g/mol. The number of likely N-dealkylation sites (tertiary alicyclic amines) is 1. The number of carbonyl (C=O) groups excluding carboxylic acids is 1. The molecule has 176 valence electrons. The standard InChI is InChI=1S/C29H31NO3S/c1-34-24-14-12-23(13-15-24)29(33)17-16-25(22-10-6-3-7-11-22)28(27(31)32)20-30(19-26(28)29)18-21-8-4-2-5-9-21/h2-15,25-26,33H,16-20H2,1H3,(H,31,32)/p-1. The van der Waals surface area contributed by atoms with Gasteiger partial charge in [0.05, 0.1) is 5.60 Å². The molecule has 0 aromatic heterocycles. The summed E-state index contributed by atoms with van der Waals surface area (Å²) in [5, 5.41) is 25.3. The van der Waals surface area contributed by atoms with Crippen molar-refractivity contribution >= 4 is 17.7 Å². The minimum atomic E-state index is -1.23. The summed E-state index contributed by atoms with van der Waals surface area (Å²) in [6, 6.07) is 28.0. The molecule has 4 unspecified atom stereocenters. The van der Waals surface area contributed by atoms with Crippen molar-refractivity contribution < 1.29 is 15.0 Å². The number of nitrogens with zero attached hydrogens (tertiary/aromatic N) is 1. The molecule has 0 bridgehead atoms. The maximum atomic E-state index is 13.1. The van der Waals surface area contributed by atoms with E-state index in [0.29, 0.717) is 32.5 Å². The second-order valence-electron chi connectivity index (χ2n) is 9.69. The quantitative estimate of drug-likeness (QED) is 0.549. The second kappa shape index (κ2) is 9.21. The number of hydrogen-bond donors (Lipinski definition) is 1. The number of carboxylic acids is 1. The first-order valence-electron chi connectivity index (χ1n) is 11.9. The summed E-state index contributed by atoms with van der Waals surface area (Å²) < 4.78 is 0. The Labute approximate surface area is 205 Å². The van der Waals surface area contributed by atoms with Crippen molar-refractivity contribution in [1.29, 1.82) is 0 Å². The molecule has 34 heavy (non-hydrogen) atoms. The molecule has 2 fully saturated rings. The van der Waals surface area contributed by atoms with Gasteiger partial charge in [-0.3, -0.25) is 4.90 Å². The molecule has 4 atom stereocenters. The Bertz CT molecular complexity index is 1140. The first-order valence-corrected chi connectivity index (χ1v) is 13.1. The molecule has 1 saturated carbocycles. The first-order chi connectivity index (χ1) is 16.5. The van der Waals surface area contributed by atoms with Crippen LogP contribution in [0.5, 0.6) is 0 Å². The van der Waals surface area contributed by atoms with Crippen LogP contribution in [0.15, 0.2) is 89.8 Å². The van der Waals surface area contributed by atoms with Crippen LogP contribution in [0.2, 0.25) is 0 Å². The highest BCUT2D eigenvalue weighted by atomic mass is 32.2. The van der Waals surface area contributed by atoms with Gasteiger partial charge in [0.15, 0.2) is 0 Å².